The quantitative estimate of drug-likeness (QED) is 0.386. The van der Waals surface area contributed by atoms with E-state index in [0.717, 1.165) is 10.0 Å². The molecule has 1 aliphatic rings. The number of hydrogen-bond acceptors (Lipinski definition) is 6. The zero-order valence-corrected chi connectivity index (χ0v) is 20.3. The molecule has 0 aromatic heterocycles. The first-order valence-electron chi connectivity index (χ1n) is 9.98. The van der Waals surface area contributed by atoms with Crippen LogP contribution < -0.4 is 4.74 Å². The van der Waals surface area contributed by atoms with Crippen molar-refractivity contribution >= 4 is 39.2 Å². The Morgan fingerprint density at radius 1 is 1.19 bits per heavy atom. The van der Waals surface area contributed by atoms with Crippen LogP contribution in [-0.4, -0.2) is 55.7 Å². The number of nitrogens with zero attached hydrogens (tertiary/aromatic N) is 1. The van der Waals surface area contributed by atoms with Crippen LogP contribution in [0.25, 0.3) is 5.57 Å². The third kappa shape index (κ3) is 5.95. The molecule has 0 saturated heterocycles. The summed E-state index contributed by atoms with van der Waals surface area (Å²) in [4.78, 5) is 40.0. The van der Waals surface area contributed by atoms with Gasteiger partial charge in [0.1, 0.15) is 35.1 Å². The fourth-order valence-corrected chi connectivity index (χ4v) is 4.15. The van der Waals surface area contributed by atoms with Gasteiger partial charge in [0.15, 0.2) is 0 Å². The summed E-state index contributed by atoms with van der Waals surface area (Å²) in [5.74, 6) is 0.219. The average Bonchev–Trinajstić information content (AvgIpc) is 2.95. The lowest BCUT2D eigenvalue weighted by Gasteiger charge is -2.34. The maximum absolute atomic E-state index is 13.0. The van der Waals surface area contributed by atoms with Crippen LogP contribution in [-0.2, 0) is 19.1 Å². The standard InChI is InChI=1S/C23H30BrNO6/c1-15(17-11-16(30-6)7-8-18(17)24)12-23(19(26)9-10-20(23)27)13-25(14-29-5)21(28)31-22(2,3)4/h7-8,11H,1,9-10,12-14H2,2-6H3. The van der Waals surface area contributed by atoms with E-state index in [1.807, 2.05) is 6.07 Å². The van der Waals surface area contributed by atoms with Crippen molar-refractivity contribution in [2.24, 2.45) is 5.41 Å². The molecule has 31 heavy (non-hydrogen) atoms. The third-order valence-corrected chi connectivity index (χ3v) is 5.81. The summed E-state index contributed by atoms with van der Waals surface area (Å²) in [5, 5.41) is 0. The maximum Gasteiger partial charge on any atom is 0.412 e. The normalized spacial score (nSPS) is 15.7. The second-order valence-electron chi connectivity index (χ2n) is 8.65. The molecular formula is C23H30BrNO6. The van der Waals surface area contributed by atoms with Gasteiger partial charge in [-0.1, -0.05) is 22.5 Å². The number of ketones is 2. The molecule has 2 rings (SSSR count). The Morgan fingerprint density at radius 2 is 1.81 bits per heavy atom. The topological polar surface area (TPSA) is 82.1 Å². The van der Waals surface area contributed by atoms with E-state index in [4.69, 9.17) is 14.2 Å². The number of halogens is 1. The second-order valence-corrected chi connectivity index (χ2v) is 9.50. The van der Waals surface area contributed by atoms with Crippen LogP contribution in [0.1, 0.15) is 45.6 Å². The number of rotatable bonds is 8. The van der Waals surface area contributed by atoms with Crippen LogP contribution in [0.4, 0.5) is 4.79 Å². The van der Waals surface area contributed by atoms with E-state index >= 15 is 0 Å². The van der Waals surface area contributed by atoms with Crippen molar-refractivity contribution in [2.45, 2.75) is 45.6 Å². The fourth-order valence-electron chi connectivity index (χ4n) is 3.62. The molecule has 1 aromatic carbocycles. The number of carbonyl (C=O) groups is 3. The van der Waals surface area contributed by atoms with Gasteiger partial charge in [0.2, 0.25) is 0 Å². The van der Waals surface area contributed by atoms with Crippen LogP contribution in [0, 0.1) is 5.41 Å². The molecule has 7 nitrogen and oxygen atoms in total. The Hall–Kier alpha value is -2.19. The molecule has 170 valence electrons. The van der Waals surface area contributed by atoms with E-state index in [-0.39, 0.29) is 44.1 Å². The first kappa shape index (κ1) is 25.1. The highest BCUT2D eigenvalue weighted by Crippen LogP contribution is 2.42. The predicted molar refractivity (Wildman–Crippen MR) is 121 cm³/mol. The Balaban J connectivity index is 2.39. The number of carbonyl (C=O) groups excluding carboxylic acids is 3. The summed E-state index contributed by atoms with van der Waals surface area (Å²) >= 11 is 3.50. The van der Waals surface area contributed by atoms with Crippen molar-refractivity contribution < 1.29 is 28.6 Å². The van der Waals surface area contributed by atoms with E-state index in [9.17, 15) is 14.4 Å². The molecule has 1 aliphatic carbocycles. The summed E-state index contributed by atoms with van der Waals surface area (Å²) in [7, 11) is 3.00. The van der Waals surface area contributed by atoms with Crippen molar-refractivity contribution in [2.75, 3.05) is 27.5 Å². The molecule has 0 radical (unpaired) electrons. The number of ether oxygens (including phenoxy) is 3. The lowest BCUT2D eigenvalue weighted by Crippen LogP contribution is -2.49. The van der Waals surface area contributed by atoms with Crippen molar-refractivity contribution in [1.29, 1.82) is 0 Å². The Morgan fingerprint density at radius 3 is 2.32 bits per heavy atom. The highest BCUT2D eigenvalue weighted by Gasteiger charge is 2.51. The van der Waals surface area contributed by atoms with Gasteiger partial charge in [-0.05, 0) is 56.5 Å². The smallest absolute Gasteiger partial charge is 0.412 e. The number of amides is 1. The molecule has 0 heterocycles. The zero-order valence-electron chi connectivity index (χ0n) is 18.7. The van der Waals surface area contributed by atoms with Gasteiger partial charge in [-0.15, -0.1) is 0 Å². The third-order valence-electron chi connectivity index (χ3n) is 5.11. The van der Waals surface area contributed by atoms with E-state index in [1.54, 1.807) is 40.0 Å². The van der Waals surface area contributed by atoms with Crippen molar-refractivity contribution in [3.63, 3.8) is 0 Å². The molecule has 0 bridgehead atoms. The van der Waals surface area contributed by atoms with E-state index in [0.29, 0.717) is 11.3 Å². The number of methoxy groups -OCH3 is 2. The van der Waals surface area contributed by atoms with Crippen LogP contribution in [0.5, 0.6) is 5.75 Å². The lowest BCUT2D eigenvalue weighted by molar-refractivity contribution is -0.136. The minimum atomic E-state index is -1.39. The van der Waals surface area contributed by atoms with Gasteiger partial charge in [-0.25, -0.2) is 4.79 Å². The van der Waals surface area contributed by atoms with Crippen LogP contribution >= 0.6 is 15.9 Å². The van der Waals surface area contributed by atoms with Gasteiger partial charge in [-0.2, -0.15) is 0 Å². The minimum Gasteiger partial charge on any atom is -0.497 e. The maximum atomic E-state index is 13.0. The van der Waals surface area contributed by atoms with E-state index < -0.39 is 17.1 Å². The van der Waals surface area contributed by atoms with Gasteiger partial charge >= 0.3 is 6.09 Å². The summed E-state index contributed by atoms with van der Waals surface area (Å²) in [5.41, 5.74) is -0.790. The van der Waals surface area contributed by atoms with Gasteiger partial charge in [0, 0.05) is 31.0 Å². The molecular weight excluding hydrogens is 466 g/mol. The largest absolute Gasteiger partial charge is 0.497 e. The van der Waals surface area contributed by atoms with E-state index in [2.05, 4.69) is 22.5 Å². The fraction of sp³-hybridized carbons (Fsp3) is 0.522. The van der Waals surface area contributed by atoms with E-state index in [1.165, 1.54) is 12.0 Å². The molecule has 1 aromatic rings. The molecule has 0 atom stereocenters. The number of benzene rings is 1. The van der Waals surface area contributed by atoms with Gasteiger partial charge in [-0.3, -0.25) is 14.5 Å². The number of Topliss-reactive ketones (excluding diaryl/α,β-unsaturated/α-hetero) is 2. The molecule has 0 aliphatic heterocycles. The number of allylic oxidation sites excluding steroid dienone is 1. The van der Waals surface area contributed by atoms with Crippen LogP contribution in [0.3, 0.4) is 0 Å². The highest BCUT2D eigenvalue weighted by atomic mass is 79.9. The predicted octanol–water partition coefficient (Wildman–Crippen LogP) is 4.62. The van der Waals surface area contributed by atoms with Crippen molar-refractivity contribution in [1.82, 2.24) is 4.90 Å². The summed E-state index contributed by atoms with van der Waals surface area (Å²) in [6.45, 7) is 9.15. The molecule has 1 fully saturated rings. The Bertz CT molecular complexity index is 857. The first-order chi connectivity index (χ1) is 14.4. The molecule has 1 saturated carbocycles. The summed E-state index contributed by atoms with van der Waals surface area (Å²) < 4.78 is 16.7. The van der Waals surface area contributed by atoms with Gasteiger partial charge < -0.3 is 14.2 Å². The SMILES string of the molecule is C=C(CC1(CN(COC)C(=O)OC(C)(C)C)C(=O)CCC1=O)c1cc(OC)ccc1Br. The summed E-state index contributed by atoms with van der Waals surface area (Å²) in [6, 6.07) is 5.42. The Labute approximate surface area is 191 Å². The van der Waals surface area contributed by atoms with Gasteiger partial charge in [0.05, 0.1) is 7.11 Å². The van der Waals surface area contributed by atoms with Gasteiger partial charge in [0.25, 0.3) is 0 Å². The number of hydrogen-bond donors (Lipinski definition) is 0. The minimum absolute atomic E-state index is 0.0828. The Kier molecular flexibility index (Phi) is 8.05. The van der Waals surface area contributed by atoms with Crippen molar-refractivity contribution in [3.05, 3.63) is 34.8 Å². The zero-order chi connectivity index (χ0) is 23.4. The molecule has 0 spiro atoms. The van der Waals surface area contributed by atoms with Crippen LogP contribution in [0.2, 0.25) is 0 Å². The molecule has 0 unspecified atom stereocenters. The molecule has 0 N–H and O–H groups in total. The van der Waals surface area contributed by atoms with Crippen molar-refractivity contribution in [3.8, 4) is 5.75 Å². The lowest BCUT2D eigenvalue weighted by atomic mass is 9.76. The monoisotopic (exact) mass is 495 g/mol. The molecule has 1 amide bonds. The highest BCUT2D eigenvalue weighted by molar-refractivity contribution is 9.10. The average molecular weight is 496 g/mol. The first-order valence-corrected chi connectivity index (χ1v) is 10.8. The second kappa shape index (κ2) is 9.96. The molecule has 8 heteroatoms. The summed E-state index contributed by atoms with van der Waals surface area (Å²) in [6.07, 6.45) is -0.282. The van der Waals surface area contributed by atoms with Crippen LogP contribution in [0.15, 0.2) is 29.3 Å².